The highest BCUT2D eigenvalue weighted by molar-refractivity contribution is 7.13. The van der Waals surface area contributed by atoms with Crippen molar-refractivity contribution in [2.75, 3.05) is 12.8 Å². The van der Waals surface area contributed by atoms with Gasteiger partial charge in [0.2, 0.25) is 0 Å². The molecule has 3 aromatic heterocycles. The van der Waals surface area contributed by atoms with Crippen LogP contribution in [0.3, 0.4) is 0 Å². The number of anilines is 1. The van der Waals surface area contributed by atoms with Crippen LogP contribution in [0.15, 0.2) is 23.8 Å². The lowest BCUT2D eigenvalue weighted by Gasteiger charge is -2.02. The van der Waals surface area contributed by atoms with Crippen LogP contribution < -0.4 is 11.1 Å². The number of aromatic amines is 1. The summed E-state index contributed by atoms with van der Waals surface area (Å²) < 4.78 is 0. The number of nitrogens with two attached hydrogens (primary N) is 1. The van der Waals surface area contributed by atoms with Crippen molar-refractivity contribution < 1.29 is 4.79 Å². The molecule has 1 amide bonds. The number of fused-ring (bicyclic) bond motifs is 1. The number of carbonyl (C=O) groups is 1. The maximum absolute atomic E-state index is 11.5. The van der Waals surface area contributed by atoms with E-state index in [0.717, 1.165) is 16.6 Å². The lowest BCUT2D eigenvalue weighted by Crippen LogP contribution is -2.17. The Bertz CT molecular complexity index is 760. The van der Waals surface area contributed by atoms with E-state index in [1.54, 1.807) is 24.8 Å². The Balaban J connectivity index is 2.11. The number of thiazole rings is 1. The zero-order valence-electron chi connectivity index (χ0n) is 10.1. The lowest BCUT2D eigenvalue weighted by atomic mass is 10.2. The first-order valence-electron chi connectivity index (χ1n) is 5.60. The number of carbonyl (C=O) groups excluding carboxylic acids is 1. The molecule has 7 heteroatoms. The minimum Gasteiger partial charge on any atom is -0.398 e. The molecule has 0 fully saturated rings. The Kier molecular flexibility index (Phi) is 2.68. The first-order chi connectivity index (χ1) is 9.20. The van der Waals surface area contributed by atoms with Crippen molar-refractivity contribution in [3.63, 3.8) is 0 Å². The standard InChI is InChI=1S/C12H11N5OS/c1-14-11(18)8-5-19-12(17-8)7-4-16-10-6(9(7)13)2-3-15-10/h2-5H,1H3,(H,14,18)(H3,13,15,16). The predicted molar refractivity (Wildman–Crippen MR) is 75.0 cm³/mol. The molecule has 0 radical (unpaired) electrons. The molecule has 3 heterocycles. The highest BCUT2D eigenvalue weighted by atomic mass is 32.1. The quantitative estimate of drug-likeness (QED) is 0.661. The molecule has 0 aromatic carbocycles. The van der Waals surface area contributed by atoms with Crippen molar-refractivity contribution in [1.82, 2.24) is 20.3 Å². The van der Waals surface area contributed by atoms with Gasteiger partial charge in [0.15, 0.2) is 0 Å². The van der Waals surface area contributed by atoms with Gasteiger partial charge in [-0.1, -0.05) is 0 Å². The fraction of sp³-hybridized carbons (Fsp3) is 0.0833. The topological polar surface area (TPSA) is 96.7 Å². The van der Waals surface area contributed by atoms with E-state index in [1.807, 2.05) is 6.07 Å². The van der Waals surface area contributed by atoms with Gasteiger partial charge in [0.05, 0.1) is 11.3 Å². The highest BCUT2D eigenvalue weighted by Crippen LogP contribution is 2.32. The second kappa shape index (κ2) is 4.36. The molecule has 0 aliphatic carbocycles. The zero-order valence-corrected chi connectivity index (χ0v) is 10.9. The van der Waals surface area contributed by atoms with Crippen LogP contribution in [-0.2, 0) is 0 Å². The van der Waals surface area contributed by atoms with Gasteiger partial charge in [-0.2, -0.15) is 0 Å². The Hall–Kier alpha value is -2.41. The molecule has 4 N–H and O–H groups in total. The van der Waals surface area contributed by atoms with Gasteiger partial charge in [-0.25, -0.2) is 9.97 Å². The summed E-state index contributed by atoms with van der Waals surface area (Å²) in [5.41, 5.74) is 8.60. The van der Waals surface area contributed by atoms with Gasteiger partial charge >= 0.3 is 0 Å². The summed E-state index contributed by atoms with van der Waals surface area (Å²) in [4.78, 5) is 23.1. The number of H-pyrrole nitrogens is 1. The Morgan fingerprint density at radius 3 is 3.16 bits per heavy atom. The van der Waals surface area contributed by atoms with Gasteiger partial charge in [-0.3, -0.25) is 4.79 Å². The SMILES string of the molecule is CNC(=O)c1csc(-c2cnc3[nH]ccc3c2N)n1. The summed E-state index contributed by atoms with van der Waals surface area (Å²) in [6.45, 7) is 0. The molecule has 3 aromatic rings. The fourth-order valence-corrected chi connectivity index (χ4v) is 2.65. The first kappa shape index (κ1) is 11.7. The summed E-state index contributed by atoms with van der Waals surface area (Å²) in [6.07, 6.45) is 3.45. The van der Waals surface area contributed by atoms with E-state index in [9.17, 15) is 4.79 Å². The second-order valence-corrected chi connectivity index (χ2v) is 4.80. The summed E-state index contributed by atoms with van der Waals surface area (Å²) >= 11 is 1.37. The molecular weight excluding hydrogens is 262 g/mol. The van der Waals surface area contributed by atoms with Crippen LogP contribution in [0.2, 0.25) is 0 Å². The van der Waals surface area contributed by atoms with Crippen LogP contribution in [0.25, 0.3) is 21.6 Å². The lowest BCUT2D eigenvalue weighted by molar-refractivity contribution is 0.0959. The average Bonchev–Trinajstić information content (AvgIpc) is 3.07. The smallest absolute Gasteiger partial charge is 0.270 e. The predicted octanol–water partition coefficient (Wildman–Crippen LogP) is 1.63. The van der Waals surface area contributed by atoms with Gasteiger partial charge < -0.3 is 16.0 Å². The number of nitrogen functional groups attached to an aromatic ring is 1. The highest BCUT2D eigenvalue weighted by Gasteiger charge is 2.14. The van der Waals surface area contributed by atoms with Crippen molar-refractivity contribution in [2.24, 2.45) is 0 Å². The van der Waals surface area contributed by atoms with E-state index in [-0.39, 0.29) is 5.91 Å². The monoisotopic (exact) mass is 273 g/mol. The number of hydrogen-bond donors (Lipinski definition) is 3. The summed E-state index contributed by atoms with van der Waals surface area (Å²) in [5.74, 6) is -0.211. The molecule has 0 spiro atoms. The van der Waals surface area contributed by atoms with Crippen molar-refractivity contribution >= 4 is 34.0 Å². The average molecular weight is 273 g/mol. The molecule has 96 valence electrons. The first-order valence-corrected chi connectivity index (χ1v) is 6.48. The van der Waals surface area contributed by atoms with Gasteiger partial charge in [0, 0.05) is 30.2 Å². The van der Waals surface area contributed by atoms with Crippen LogP contribution >= 0.6 is 11.3 Å². The molecule has 0 aliphatic heterocycles. The Labute approximate surface area is 112 Å². The minimum absolute atomic E-state index is 0.211. The second-order valence-electron chi connectivity index (χ2n) is 3.94. The van der Waals surface area contributed by atoms with Crippen molar-refractivity contribution in [3.8, 4) is 10.6 Å². The molecule has 0 aliphatic rings. The largest absolute Gasteiger partial charge is 0.398 e. The van der Waals surface area contributed by atoms with Gasteiger partial charge in [0.1, 0.15) is 16.3 Å². The summed E-state index contributed by atoms with van der Waals surface area (Å²) in [7, 11) is 1.57. The fourth-order valence-electron chi connectivity index (χ4n) is 1.83. The number of nitrogens with zero attached hydrogens (tertiary/aromatic N) is 2. The van der Waals surface area contributed by atoms with Crippen LogP contribution in [-0.4, -0.2) is 27.9 Å². The molecule has 0 unspecified atom stereocenters. The van der Waals surface area contributed by atoms with Crippen LogP contribution in [0.1, 0.15) is 10.5 Å². The van der Waals surface area contributed by atoms with Gasteiger partial charge in [-0.05, 0) is 6.07 Å². The van der Waals surface area contributed by atoms with E-state index >= 15 is 0 Å². The number of pyridine rings is 1. The van der Waals surface area contributed by atoms with Crippen molar-refractivity contribution in [1.29, 1.82) is 0 Å². The van der Waals surface area contributed by atoms with E-state index in [2.05, 4.69) is 20.3 Å². The third-order valence-corrected chi connectivity index (χ3v) is 3.70. The molecule has 19 heavy (non-hydrogen) atoms. The number of amides is 1. The van der Waals surface area contributed by atoms with Crippen molar-refractivity contribution in [3.05, 3.63) is 29.5 Å². The van der Waals surface area contributed by atoms with E-state index in [4.69, 9.17) is 5.73 Å². The normalized spacial score (nSPS) is 10.8. The van der Waals surface area contributed by atoms with Gasteiger partial charge in [-0.15, -0.1) is 11.3 Å². The maximum atomic E-state index is 11.5. The molecule has 0 saturated heterocycles. The third-order valence-electron chi connectivity index (χ3n) is 2.82. The van der Waals surface area contributed by atoms with Gasteiger partial charge in [0.25, 0.3) is 5.91 Å². The molecule has 0 atom stereocenters. The maximum Gasteiger partial charge on any atom is 0.270 e. The van der Waals surface area contributed by atoms with Crippen LogP contribution in [0.4, 0.5) is 5.69 Å². The molecule has 0 bridgehead atoms. The number of rotatable bonds is 2. The number of hydrogen-bond acceptors (Lipinski definition) is 5. The van der Waals surface area contributed by atoms with E-state index in [1.165, 1.54) is 11.3 Å². The summed E-state index contributed by atoms with van der Waals surface area (Å²) in [6, 6.07) is 1.87. The molecular formula is C12H11N5OS. The number of aromatic nitrogens is 3. The molecule has 3 rings (SSSR count). The number of nitrogens with one attached hydrogen (secondary N) is 2. The molecule has 0 saturated carbocycles. The Morgan fingerprint density at radius 1 is 1.53 bits per heavy atom. The molecule has 6 nitrogen and oxygen atoms in total. The van der Waals surface area contributed by atoms with Crippen molar-refractivity contribution in [2.45, 2.75) is 0 Å². The van der Waals surface area contributed by atoms with E-state index < -0.39 is 0 Å². The van der Waals surface area contributed by atoms with Crippen LogP contribution in [0.5, 0.6) is 0 Å². The minimum atomic E-state index is -0.211. The third kappa shape index (κ3) is 1.84. The zero-order chi connectivity index (χ0) is 13.4. The summed E-state index contributed by atoms with van der Waals surface area (Å²) in [5, 5.41) is 5.79. The Morgan fingerprint density at radius 2 is 2.37 bits per heavy atom. The van der Waals surface area contributed by atoms with Crippen LogP contribution in [0, 0.1) is 0 Å². The van der Waals surface area contributed by atoms with E-state index in [0.29, 0.717) is 16.4 Å².